The summed E-state index contributed by atoms with van der Waals surface area (Å²) in [7, 11) is 1.63. The first-order valence-corrected chi connectivity index (χ1v) is 9.00. The van der Waals surface area contributed by atoms with Crippen LogP contribution in [0.5, 0.6) is 0 Å². The Morgan fingerprint density at radius 3 is 2.74 bits per heavy atom. The van der Waals surface area contributed by atoms with Crippen molar-refractivity contribution < 1.29 is 18.0 Å². The Balaban J connectivity index is 1.58. The van der Waals surface area contributed by atoms with E-state index in [0.29, 0.717) is 6.54 Å². The van der Waals surface area contributed by atoms with Crippen molar-refractivity contribution in [2.75, 3.05) is 26.7 Å². The van der Waals surface area contributed by atoms with E-state index < -0.39 is 17.8 Å². The van der Waals surface area contributed by atoms with Gasteiger partial charge in [-0.25, -0.2) is 0 Å². The van der Waals surface area contributed by atoms with Gasteiger partial charge in [0.25, 0.3) is 5.91 Å². The number of nitrogens with one attached hydrogen (secondary N) is 1. The van der Waals surface area contributed by atoms with Gasteiger partial charge in [0.15, 0.2) is 5.69 Å². The zero-order valence-electron chi connectivity index (χ0n) is 15.2. The number of piperidine rings is 1. The molecule has 0 saturated carbocycles. The Hall–Kier alpha value is -2.35. The van der Waals surface area contributed by atoms with Crippen LogP contribution < -0.4 is 0 Å². The second-order valence-electron chi connectivity index (χ2n) is 6.91. The van der Waals surface area contributed by atoms with E-state index in [0.717, 1.165) is 38.4 Å². The Bertz CT molecular complexity index is 760. The molecule has 1 saturated heterocycles. The van der Waals surface area contributed by atoms with E-state index in [4.69, 9.17) is 0 Å². The molecule has 0 aliphatic carbocycles. The number of likely N-dealkylation sites (N-methyl/N-ethyl adjacent to an activating group) is 1. The van der Waals surface area contributed by atoms with Gasteiger partial charge in [-0.05, 0) is 31.4 Å². The molecule has 146 valence electrons. The van der Waals surface area contributed by atoms with Crippen LogP contribution in [0, 0.1) is 0 Å². The zero-order chi connectivity index (χ0) is 19.4. The van der Waals surface area contributed by atoms with E-state index in [9.17, 15) is 18.0 Å². The Morgan fingerprint density at radius 1 is 1.33 bits per heavy atom. The molecule has 1 aliphatic rings. The number of aromatic amines is 1. The molecule has 8 heteroatoms. The maximum Gasteiger partial charge on any atom is 0.432 e. The van der Waals surface area contributed by atoms with Crippen molar-refractivity contribution in [3.8, 4) is 0 Å². The van der Waals surface area contributed by atoms with Gasteiger partial charge in [0.2, 0.25) is 0 Å². The highest BCUT2D eigenvalue weighted by atomic mass is 19.4. The van der Waals surface area contributed by atoms with E-state index in [2.05, 4.69) is 22.1 Å². The number of carbonyl (C=O) groups excluding carboxylic acids is 1. The highest BCUT2D eigenvalue weighted by Crippen LogP contribution is 2.28. The fraction of sp³-hybridized carbons (Fsp3) is 0.474. The summed E-state index contributed by atoms with van der Waals surface area (Å²) in [5, 5.41) is 5.44. The minimum absolute atomic E-state index is 0.0342. The summed E-state index contributed by atoms with van der Waals surface area (Å²) in [4.78, 5) is 16.3. The number of likely N-dealkylation sites (tertiary alicyclic amines) is 1. The third-order valence-electron chi connectivity index (χ3n) is 5.01. The van der Waals surface area contributed by atoms with Crippen LogP contribution in [-0.4, -0.2) is 58.6 Å². The molecule has 0 radical (unpaired) electrons. The van der Waals surface area contributed by atoms with E-state index in [1.165, 1.54) is 10.5 Å². The molecule has 2 heterocycles. The normalized spacial score (nSPS) is 18.4. The highest BCUT2D eigenvalue weighted by molar-refractivity contribution is 5.92. The first-order chi connectivity index (χ1) is 12.8. The molecule has 1 unspecified atom stereocenters. The number of rotatable bonds is 5. The quantitative estimate of drug-likeness (QED) is 0.867. The molecular formula is C19H23F3N4O. The maximum atomic E-state index is 12.7. The van der Waals surface area contributed by atoms with Crippen molar-refractivity contribution in [1.29, 1.82) is 0 Å². The second-order valence-corrected chi connectivity index (χ2v) is 6.91. The minimum atomic E-state index is -4.54. The van der Waals surface area contributed by atoms with Crippen LogP contribution in [-0.2, 0) is 12.6 Å². The third-order valence-corrected chi connectivity index (χ3v) is 5.01. The van der Waals surface area contributed by atoms with Crippen LogP contribution in [0.25, 0.3) is 0 Å². The van der Waals surface area contributed by atoms with Crippen LogP contribution in [0.3, 0.4) is 0 Å². The summed E-state index contributed by atoms with van der Waals surface area (Å²) in [6.45, 7) is 2.57. The molecule has 1 N–H and O–H groups in total. The number of hydrogen-bond donors (Lipinski definition) is 1. The lowest BCUT2D eigenvalue weighted by atomic mass is 10.0. The number of nitrogens with zero attached hydrogens (tertiary/aromatic N) is 3. The van der Waals surface area contributed by atoms with Gasteiger partial charge in [-0.1, -0.05) is 30.3 Å². The van der Waals surface area contributed by atoms with Gasteiger partial charge < -0.3 is 9.80 Å². The zero-order valence-corrected chi connectivity index (χ0v) is 15.2. The van der Waals surface area contributed by atoms with E-state index in [1.54, 1.807) is 7.05 Å². The second kappa shape index (κ2) is 8.12. The van der Waals surface area contributed by atoms with Crippen LogP contribution in [0.1, 0.15) is 34.6 Å². The van der Waals surface area contributed by atoms with Crippen LogP contribution in [0.4, 0.5) is 13.2 Å². The van der Waals surface area contributed by atoms with Crippen molar-refractivity contribution in [2.24, 2.45) is 0 Å². The number of benzene rings is 1. The van der Waals surface area contributed by atoms with Gasteiger partial charge >= 0.3 is 6.18 Å². The fourth-order valence-corrected chi connectivity index (χ4v) is 3.41. The number of alkyl halides is 3. The Morgan fingerprint density at radius 2 is 2.07 bits per heavy atom. The summed E-state index contributed by atoms with van der Waals surface area (Å²) in [5.74, 6) is -0.489. The van der Waals surface area contributed by atoms with Crippen molar-refractivity contribution >= 4 is 5.91 Å². The van der Waals surface area contributed by atoms with E-state index >= 15 is 0 Å². The average molecular weight is 380 g/mol. The van der Waals surface area contributed by atoms with Gasteiger partial charge in [0.05, 0.1) is 0 Å². The summed E-state index contributed by atoms with van der Waals surface area (Å²) in [6, 6.07) is 10.9. The number of aromatic nitrogens is 2. The predicted molar refractivity (Wildman–Crippen MR) is 95.3 cm³/mol. The SMILES string of the molecule is CN(C(=O)c1cc(C(F)(F)F)[nH]n1)C1CCCN(CCc2ccccc2)C1. The highest BCUT2D eigenvalue weighted by Gasteiger charge is 2.35. The molecule has 1 aliphatic heterocycles. The monoisotopic (exact) mass is 380 g/mol. The molecule has 1 fully saturated rings. The lowest BCUT2D eigenvalue weighted by Crippen LogP contribution is -2.49. The molecule has 2 aromatic rings. The van der Waals surface area contributed by atoms with Crippen LogP contribution >= 0.6 is 0 Å². The molecule has 1 amide bonds. The minimum Gasteiger partial charge on any atom is -0.336 e. The van der Waals surface area contributed by atoms with Gasteiger partial charge in [-0.15, -0.1) is 0 Å². The number of amides is 1. The standard InChI is InChI=1S/C19H23F3N4O/c1-25(18(27)16-12-17(24-23-16)19(20,21)22)15-8-5-10-26(13-15)11-9-14-6-3-2-4-7-14/h2-4,6-7,12,15H,5,8-11,13H2,1H3,(H,23,24). The predicted octanol–water partition coefficient (Wildman–Crippen LogP) is 3.21. The first kappa shape index (κ1) is 19.4. The first-order valence-electron chi connectivity index (χ1n) is 9.00. The fourth-order valence-electron chi connectivity index (χ4n) is 3.41. The smallest absolute Gasteiger partial charge is 0.336 e. The molecule has 3 rings (SSSR count). The topological polar surface area (TPSA) is 52.2 Å². The van der Waals surface area contributed by atoms with Crippen LogP contribution in [0.2, 0.25) is 0 Å². The molecular weight excluding hydrogens is 357 g/mol. The summed E-state index contributed by atoms with van der Waals surface area (Å²) >= 11 is 0. The number of H-pyrrole nitrogens is 1. The van der Waals surface area contributed by atoms with Gasteiger partial charge in [0, 0.05) is 32.2 Å². The molecule has 1 aromatic carbocycles. The van der Waals surface area contributed by atoms with Gasteiger partial charge in [0.1, 0.15) is 5.69 Å². The van der Waals surface area contributed by atoms with E-state index in [1.807, 2.05) is 23.3 Å². The molecule has 27 heavy (non-hydrogen) atoms. The Labute approximate surface area is 156 Å². The lowest BCUT2D eigenvalue weighted by molar-refractivity contribution is -0.141. The van der Waals surface area contributed by atoms with Crippen LogP contribution in [0.15, 0.2) is 36.4 Å². The molecule has 1 aromatic heterocycles. The molecule has 1 atom stereocenters. The largest absolute Gasteiger partial charge is 0.432 e. The average Bonchev–Trinajstić information content (AvgIpc) is 3.17. The number of hydrogen-bond acceptors (Lipinski definition) is 3. The van der Waals surface area contributed by atoms with E-state index in [-0.39, 0.29) is 11.7 Å². The number of carbonyl (C=O) groups is 1. The Kier molecular flexibility index (Phi) is 5.84. The van der Waals surface area contributed by atoms with Crippen molar-refractivity contribution in [1.82, 2.24) is 20.0 Å². The van der Waals surface area contributed by atoms with Crippen molar-refractivity contribution in [3.63, 3.8) is 0 Å². The number of halogens is 3. The summed E-state index contributed by atoms with van der Waals surface area (Å²) in [5.41, 5.74) is 0.0545. The summed E-state index contributed by atoms with van der Waals surface area (Å²) in [6.07, 6.45) is -1.82. The van der Waals surface area contributed by atoms with Crippen molar-refractivity contribution in [3.05, 3.63) is 53.3 Å². The van der Waals surface area contributed by atoms with Gasteiger partial charge in [-0.2, -0.15) is 18.3 Å². The van der Waals surface area contributed by atoms with Gasteiger partial charge in [-0.3, -0.25) is 9.89 Å². The maximum absolute atomic E-state index is 12.7. The third kappa shape index (κ3) is 4.88. The molecule has 0 bridgehead atoms. The summed E-state index contributed by atoms with van der Waals surface area (Å²) < 4.78 is 38.1. The molecule has 5 nitrogen and oxygen atoms in total. The lowest BCUT2D eigenvalue weighted by Gasteiger charge is -2.37. The molecule has 0 spiro atoms. The van der Waals surface area contributed by atoms with Crippen molar-refractivity contribution in [2.45, 2.75) is 31.5 Å².